The summed E-state index contributed by atoms with van der Waals surface area (Å²) in [6, 6.07) is 0.148. The smallest absolute Gasteiger partial charge is 0.241 e. The van der Waals surface area contributed by atoms with Crippen molar-refractivity contribution in [2.45, 2.75) is 25.4 Å². The summed E-state index contributed by atoms with van der Waals surface area (Å²) < 4.78 is 0. The minimum atomic E-state index is -0.00706. The van der Waals surface area contributed by atoms with Crippen LogP contribution >= 0.6 is 11.3 Å². The average Bonchev–Trinajstić information content (AvgIpc) is 2.85. The Morgan fingerprint density at radius 2 is 2.23 bits per heavy atom. The Bertz CT molecular complexity index is 546. The summed E-state index contributed by atoms with van der Waals surface area (Å²) in [7, 11) is 3.47. The predicted molar refractivity (Wildman–Crippen MR) is 84.3 cm³/mol. The van der Waals surface area contributed by atoms with Gasteiger partial charge >= 0.3 is 0 Å². The fraction of sp³-hybridized carbons (Fsp3) is 0.667. The summed E-state index contributed by atoms with van der Waals surface area (Å²) in [6.07, 6.45) is 3.75. The first-order valence-electron chi connectivity index (χ1n) is 7.66. The maximum atomic E-state index is 12.6. The van der Waals surface area contributed by atoms with E-state index in [0.717, 1.165) is 37.5 Å². The maximum absolute atomic E-state index is 12.6. The molecule has 2 amide bonds. The molecule has 1 aromatic heterocycles. The molecule has 0 N–H and O–H groups in total. The molecule has 0 spiro atoms. The van der Waals surface area contributed by atoms with E-state index in [2.05, 4.69) is 9.88 Å². The Kier molecular flexibility index (Phi) is 4.44. The number of likely N-dealkylation sites (N-methyl/N-ethyl adjacent to an activating group) is 1. The highest BCUT2D eigenvalue weighted by atomic mass is 32.1. The monoisotopic (exact) mass is 322 g/mol. The van der Waals surface area contributed by atoms with Crippen LogP contribution in [0, 0.1) is 5.92 Å². The second-order valence-electron chi connectivity index (χ2n) is 6.30. The Morgan fingerprint density at radius 1 is 1.41 bits per heavy atom. The molecule has 22 heavy (non-hydrogen) atoms. The maximum Gasteiger partial charge on any atom is 0.241 e. The molecule has 4 heterocycles. The van der Waals surface area contributed by atoms with E-state index in [0.29, 0.717) is 0 Å². The molecule has 0 radical (unpaired) electrons. The van der Waals surface area contributed by atoms with Gasteiger partial charge in [-0.1, -0.05) is 0 Å². The lowest BCUT2D eigenvalue weighted by Gasteiger charge is -2.36. The van der Waals surface area contributed by atoms with Crippen LogP contribution in [0.3, 0.4) is 0 Å². The Hall–Kier alpha value is -1.47. The first kappa shape index (κ1) is 15.4. The number of hydrogen-bond acceptors (Lipinski definition) is 5. The van der Waals surface area contributed by atoms with Gasteiger partial charge in [-0.25, -0.2) is 4.98 Å². The van der Waals surface area contributed by atoms with Crippen molar-refractivity contribution in [2.24, 2.45) is 5.92 Å². The van der Waals surface area contributed by atoms with Crippen molar-refractivity contribution in [2.75, 3.05) is 33.7 Å². The molecule has 2 bridgehead atoms. The third kappa shape index (κ3) is 3.15. The van der Waals surface area contributed by atoms with Crippen molar-refractivity contribution in [3.05, 3.63) is 16.6 Å². The minimum absolute atomic E-state index is 0.00706. The lowest BCUT2D eigenvalue weighted by Crippen LogP contribution is -2.51. The molecule has 0 aliphatic carbocycles. The van der Waals surface area contributed by atoms with Gasteiger partial charge < -0.3 is 9.80 Å². The molecule has 0 aromatic carbocycles. The first-order valence-corrected chi connectivity index (χ1v) is 8.54. The van der Waals surface area contributed by atoms with Crippen LogP contribution in [0.1, 0.15) is 17.8 Å². The highest BCUT2D eigenvalue weighted by Gasteiger charge is 2.41. The van der Waals surface area contributed by atoms with E-state index in [1.54, 1.807) is 35.2 Å². The SMILES string of the molecule is CN(C)C(=O)CN1C(=O)[C@H]2CC[C@@H]1CN(Cc1nccs1)C2. The third-order valence-corrected chi connectivity index (χ3v) is 5.28. The zero-order chi connectivity index (χ0) is 15.7. The second-order valence-corrected chi connectivity index (χ2v) is 7.28. The van der Waals surface area contributed by atoms with Gasteiger partial charge in [-0.2, -0.15) is 0 Å². The van der Waals surface area contributed by atoms with E-state index >= 15 is 0 Å². The fourth-order valence-electron chi connectivity index (χ4n) is 3.28. The Morgan fingerprint density at radius 3 is 2.91 bits per heavy atom. The lowest BCUT2D eigenvalue weighted by molar-refractivity contribution is -0.145. The van der Waals surface area contributed by atoms with Gasteiger partial charge in [0.15, 0.2) is 0 Å². The average molecular weight is 322 g/mol. The second kappa shape index (κ2) is 6.34. The number of piperidine rings is 1. The number of nitrogens with zero attached hydrogens (tertiary/aromatic N) is 4. The number of carbonyl (C=O) groups excluding carboxylic acids is 2. The third-order valence-electron chi connectivity index (χ3n) is 4.52. The van der Waals surface area contributed by atoms with Crippen LogP contribution in [0.25, 0.3) is 0 Å². The van der Waals surface area contributed by atoms with E-state index in [-0.39, 0.29) is 30.3 Å². The zero-order valence-electron chi connectivity index (χ0n) is 13.1. The van der Waals surface area contributed by atoms with E-state index < -0.39 is 0 Å². The number of thiazole rings is 1. The molecule has 120 valence electrons. The van der Waals surface area contributed by atoms with Crippen molar-refractivity contribution in [1.29, 1.82) is 0 Å². The van der Waals surface area contributed by atoms with Gasteiger partial charge in [-0.3, -0.25) is 14.5 Å². The molecule has 0 unspecified atom stereocenters. The molecule has 3 aliphatic heterocycles. The molecule has 2 atom stereocenters. The number of fused-ring (bicyclic) bond motifs is 4. The van der Waals surface area contributed by atoms with Crippen LogP contribution in [0.15, 0.2) is 11.6 Å². The van der Waals surface area contributed by atoms with Gasteiger partial charge in [0, 0.05) is 44.8 Å². The summed E-state index contributed by atoms with van der Waals surface area (Å²) in [5.41, 5.74) is 0. The van der Waals surface area contributed by atoms with Crippen molar-refractivity contribution in [3.8, 4) is 0 Å². The van der Waals surface area contributed by atoms with Crippen molar-refractivity contribution < 1.29 is 9.59 Å². The number of rotatable bonds is 4. The largest absolute Gasteiger partial charge is 0.347 e. The van der Waals surface area contributed by atoms with Gasteiger partial charge in [0.1, 0.15) is 11.6 Å². The van der Waals surface area contributed by atoms with Crippen LogP contribution in [0.2, 0.25) is 0 Å². The van der Waals surface area contributed by atoms with Crippen molar-refractivity contribution in [1.82, 2.24) is 19.7 Å². The molecule has 3 saturated heterocycles. The first-order chi connectivity index (χ1) is 10.5. The van der Waals surface area contributed by atoms with E-state index in [1.165, 1.54) is 0 Å². The fourth-order valence-corrected chi connectivity index (χ4v) is 3.93. The molecule has 4 rings (SSSR count). The van der Waals surface area contributed by atoms with Crippen LogP contribution in [0.5, 0.6) is 0 Å². The summed E-state index contributed by atoms with van der Waals surface area (Å²) >= 11 is 1.65. The van der Waals surface area contributed by atoms with Crippen molar-refractivity contribution in [3.63, 3.8) is 0 Å². The number of amides is 2. The Labute approximate surface area is 134 Å². The number of aromatic nitrogens is 1. The summed E-state index contributed by atoms with van der Waals surface area (Å²) in [4.78, 5) is 34.6. The lowest BCUT2D eigenvalue weighted by atomic mass is 9.94. The molecule has 0 saturated carbocycles. The van der Waals surface area contributed by atoms with E-state index in [9.17, 15) is 9.59 Å². The summed E-state index contributed by atoms with van der Waals surface area (Å²) in [6.45, 7) is 2.62. The number of hydrogen-bond donors (Lipinski definition) is 0. The zero-order valence-corrected chi connectivity index (χ0v) is 13.9. The van der Waals surface area contributed by atoms with Crippen molar-refractivity contribution >= 4 is 23.2 Å². The highest BCUT2D eigenvalue weighted by Crippen LogP contribution is 2.30. The molecule has 3 fully saturated rings. The molecular formula is C15H22N4O2S. The molecule has 6 nitrogen and oxygen atoms in total. The normalized spacial score (nSPS) is 25.4. The predicted octanol–water partition coefficient (Wildman–Crippen LogP) is 0.654. The minimum Gasteiger partial charge on any atom is -0.347 e. The van der Waals surface area contributed by atoms with Gasteiger partial charge in [0.2, 0.25) is 11.8 Å². The molecular weight excluding hydrogens is 300 g/mol. The summed E-state index contributed by atoms with van der Waals surface area (Å²) in [5.74, 6) is 0.161. The van der Waals surface area contributed by atoms with Gasteiger partial charge in [0.25, 0.3) is 0 Å². The van der Waals surface area contributed by atoms with Crippen LogP contribution in [-0.2, 0) is 16.1 Å². The standard InChI is InChI=1S/C15H22N4O2S/c1-17(2)14(20)10-19-12-4-3-11(15(19)21)7-18(8-12)9-13-16-5-6-22-13/h5-6,11-12H,3-4,7-10H2,1-2H3/t11-,12+/m0/s1. The van der Waals surface area contributed by atoms with E-state index in [1.807, 2.05) is 11.6 Å². The van der Waals surface area contributed by atoms with Gasteiger partial charge in [-0.15, -0.1) is 11.3 Å². The van der Waals surface area contributed by atoms with Crippen LogP contribution in [-0.4, -0.2) is 71.3 Å². The van der Waals surface area contributed by atoms with Gasteiger partial charge in [0.05, 0.1) is 12.5 Å². The van der Waals surface area contributed by atoms with Crippen LogP contribution in [0.4, 0.5) is 0 Å². The molecule has 1 aromatic rings. The van der Waals surface area contributed by atoms with Crippen LogP contribution < -0.4 is 0 Å². The summed E-state index contributed by atoms with van der Waals surface area (Å²) in [5, 5.41) is 3.07. The van der Waals surface area contributed by atoms with Gasteiger partial charge in [-0.05, 0) is 12.8 Å². The number of carbonyl (C=O) groups is 2. The molecule has 7 heteroatoms. The molecule has 3 aliphatic rings. The highest BCUT2D eigenvalue weighted by molar-refractivity contribution is 7.09. The Balaban J connectivity index is 1.71. The topological polar surface area (TPSA) is 56.8 Å². The quantitative estimate of drug-likeness (QED) is 0.817. The van der Waals surface area contributed by atoms with E-state index in [4.69, 9.17) is 0 Å².